The fourth-order valence-electron chi connectivity index (χ4n) is 2.57. The Hall–Kier alpha value is -3.03. The predicted molar refractivity (Wildman–Crippen MR) is 108 cm³/mol. The number of carbonyl (C=O) groups is 3. The molecule has 0 unspecified atom stereocenters. The van der Waals surface area contributed by atoms with Crippen molar-refractivity contribution in [3.05, 3.63) is 63.1 Å². The molecule has 0 bridgehead atoms. The smallest absolute Gasteiger partial charge is 0.328 e. The van der Waals surface area contributed by atoms with Gasteiger partial charge in [0, 0.05) is 0 Å². The molecule has 2 aromatic rings. The second-order valence-electron chi connectivity index (χ2n) is 5.97. The van der Waals surface area contributed by atoms with Gasteiger partial charge < -0.3 is 9.47 Å². The minimum Gasteiger partial charge on any atom is -0.490 e. The maximum atomic E-state index is 11.9. The lowest BCUT2D eigenvalue weighted by atomic mass is 10.1. The molecule has 2 aromatic carbocycles. The lowest BCUT2D eigenvalue weighted by Crippen LogP contribution is -2.51. The zero-order valence-electron chi connectivity index (χ0n) is 15.3. The summed E-state index contributed by atoms with van der Waals surface area (Å²) in [6, 6.07) is 9.32. The van der Waals surface area contributed by atoms with E-state index in [-0.39, 0.29) is 12.2 Å². The van der Waals surface area contributed by atoms with Crippen LogP contribution in [0.3, 0.4) is 0 Å². The highest BCUT2D eigenvalue weighted by atomic mass is 35.5. The zero-order valence-corrected chi connectivity index (χ0v) is 16.8. The molecule has 1 aliphatic rings. The molecule has 0 atom stereocenters. The monoisotopic (exact) mass is 434 g/mol. The third-order valence-electron chi connectivity index (χ3n) is 3.90. The molecule has 7 nitrogen and oxygen atoms in total. The number of hydrogen-bond donors (Lipinski definition) is 2. The van der Waals surface area contributed by atoms with Crippen molar-refractivity contribution in [2.75, 3.05) is 6.61 Å². The minimum atomic E-state index is -0.849. The molecule has 1 fully saturated rings. The van der Waals surface area contributed by atoms with Gasteiger partial charge in [-0.25, -0.2) is 4.79 Å². The summed E-state index contributed by atoms with van der Waals surface area (Å²) in [5.74, 6) is -0.615. The van der Waals surface area contributed by atoms with Gasteiger partial charge in [0.1, 0.15) is 12.2 Å². The standard InChI is InChI=1S/C20H16Cl2N2O5/c1-2-28-17-9-11(7-13-18(25)23-20(27)24-19(13)26)4-6-16(17)29-10-12-3-5-14(21)15(22)8-12/h3-9H,2,10H2,1H3,(H2,23,24,25,26,27). The first-order chi connectivity index (χ1) is 13.9. The fraction of sp³-hybridized carbons (Fsp3) is 0.150. The number of benzene rings is 2. The average molecular weight is 435 g/mol. The van der Waals surface area contributed by atoms with Gasteiger partial charge in [-0.3, -0.25) is 20.2 Å². The number of carbonyl (C=O) groups excluding carboxylic acids is 3. The van der Waals surface area contributed by atoms with E-state index in [4.69, 9.17) is 32.7 Å². The second-order valence-corrected chi connectivity index (χ2v) is 6.79. The van der Waals surface area contributed by atoms with Gasteiger partial charge in [0.05, 0.1) is 16.7 Å². The number of halogens is 2. The van der Waals surface area contributed by atoms with E-state index in [1.54, 1.807) is 36.4 Å². The molecular formula is C20H16Cl2N2O5. The summed E-state index contributed by atoms with van der Waals surface area (Å²) < 4.78 is 11.4. The van der Waals surface area contributed by atoms with Crippen LogP contribution in [0.15, 0.2) is 42.0 Å². The van der Waals surface area contributed by atoms with Crippen LogP contribution in [0, 0.1) is 0 Å². The molecule has 1 heterocycles. The molecule has 0 radical (unpaired) electrons. The summed E-state index contributed by atoms with van der Waals surface area (Å²) in [5, 5.41) is 4.94. The number of urea groups is 1. The summed E-state index contributed by atoms with van der Waals surface area (Å²) in [6.45, 7) is 2.45. The van der Waals surface area contributed by atoms with E-state index >= 15 is 0 Å². The normalized spacial score (nSPS) is 13.6. The Balaban J connectivity index is 1.82. The number of ether oxygens (including phenoxy) is 2. The molecule has 29 heavy (non-hydrogen) atoms. The van der Waals surface area contributed by atoms with Crippen molar-refractivity contribution in [2.45, 2.75) is 13.5 Å². The molecule has 1 saturated heterocycles. The summed E-state index contributed by atoms with van der Waals surface area (Å²) in [5.41, 5.74) is 1.18. The Labute approximate surface area is 176 Å². The molecule has 4 amide bonds. The van der Waals surface area contributed by atoms with Crippen LogP contribution in [-0.4, -0.2) is 24.5 Å². The summed E-state index contributed by atoms with van der Waals surface area (Å²) >= 11 is 11.9. The Kier molecular flexibility index (Phi) is 6.41. The Morgan fingerprint density at radius 3 is 2.28 bits per heavy atom. The van der Waals surface area contributed by atoms with Gasteiger partial charge in [-0.2, -0.15) is 0 Å². The molecular weight excluding hydrogens is 419 g/mol. The maximum Gasteiger partial charge on any atom is 0.328 e. The highest BCUT2D eigenvalue weighted by Crippen LogP contribution is 2.31. The molecule has 0 spiro atoms. The lowest BCUT2D eigenvalue weighted by molar-refractivity contribution is -0.123. The maximum absolute atomic E-state index is 11.9. The number of rotatable bonds is 6. The van der Waals surface area contributed by atoms with Gasteiger partial charge in [0.15, 0.2) is 11.5 Å². The number of amides is 4. The van der Waals surface area contributed by atoms with E-state index < -0.39 is 17.8 Å². The Bertz CT molecular complexity index is 998. The van der Waals surface area contributed by atoms with Crippen molar-refractivity contribution < 1.29 is 23.9 Å². The van der Waals surface area contributed by atoms with E-state index in [0.29, 0.717) is 33.7 Å². The third-order valence-corrected chi connectivity index (χ3v) is 4.64. The number of nitrogens with one attached hydrogen (secondary N) is 2. The Morgan fingerprint density at radius 2 is 1.62 bits per heavy atom. The van der Waals surface area contributed by atoms with Crippen LogP contribution in [0.1, 0.15) is 18.1 Å². The number of imide groups is 2. The van der Waals surface area contributed by atoms with Gasteiger partial charge in [0.25, 0.3) is 11.8 Å². The highest BCUT2D eigenvalue weighted by Gasteiger charge is 2.27. The van der Waals surface area contributed by atoms with Crippen LogP contribution in [0.4, 0.5) is 4.79 Å². The highest BCUT2D eigenvalue weighted by molar-refractivity contribution is 6.42. The summed E-state index contributed by atoms with van der Waals surface area (Å²) in [7, 11) is 0. The SMILES string of the molecule is CCOc1cc(C=C2C(=O)NC(=O)NC2=O)ccc1OCc1ccc(Cl)c(Cl)c1. The lowest BCUT2D eigenvalue weighted by Gasteiger charge is -2.15. The molecule has 1 aliphatic heterocycles. The van der Waals surface area contributed by atoms with E-state index in [1.807, 2.05) is 17.6 Å². The van der Waals surface area contributed by atoms with Crippen LogP contribution in [0.2, 0.25) is 10.0 Å². The van der Waals surface area contributed by atoms with Gasteiger partial charge in [-0.05, 0) is 48.4 Å². The van der Waals surface area contributed by atoms with Gasteiger partial charge in [-0.15, -0.1) is 0 Å². The Morgan fingerprint density at radius 1 is 0.897 bits per heavy atom. The van der Waals surface area contributed by atoms with Crippen molar-refractivity contribution in [1.82, 2.24) is 10.6 Å². The van der Waals surface area contributed by atoms with E-state index in [2.05, 4.69) is 0 Å². The van der Waals surface area contributed by atoms with E-state index in [9.17, 15) is 14.4 Å². The topological polar surface area (TPSA) is 93.7 Å². The van der Waals surface area contributed by atoms with Gasteiger partial charge in [0.2, 0.25) is 0 Å². The zero-order chi connectivity index (χ0) is 21.0. The van der Waals surface area contributed by atoms with Crippen LogP contribution < -0.4 is 20.1 Å². The first-order valence-corrected chi connectivity index (χ1v) is 9.35. The summed E-state index contributed by atoms with van der Waals surface area (Å²) in [4.78, 5) is 34.9. The average Bonchev–Trinajstić information content (AvgIpc) is 2.67. The molecule has 0 aromatic heterocycles. The van der Waals surface area contributed by atoms with Crippen molar-refractivity contribution in [3.63, 3.8) is 0 Å². The molecule has 9 heteroatoms. The van der Waals surface area contributed by atoms with E-state index in [1.165, 1.54) is 6.08 Å². The molecule has 3 rings (SSSR count). The second kappa shape index (κ2) is 8.98. The summed E-state index contributed by atoms with van der Waals surface area (Å²) in [6.07, 6.45) is 1.36. The number of barbiturate groups is 1. The van der Waals surface area contributed by atoms with Gasteiger partial charge in [-0.1, -0.05) is 35.3 Å². The van der Waals surface area contributed by atoms with Crippen molar-refractivity contribution in [3.8, 4) is 11.5 Å². The molecule has 0 aliphatic carbocycles. The molecule has 0 saturated carbocycles. The third kappa shape index (κ3) is 5.07. The van der Waals surface area contributed by atoms with E-state index in [0.717, 1.165) is 5.56 Å². The first-order valence-electron chi connectivity index (χ1n) is 8.59. The quantitative estimate of drug-likeness (QED) is 0.533. The minimum absolute atomic E-state index is 0.184. The largest absolute Gasteiger partial charge is 0.490 e. The fourth-order valence-corrected chi connectivity index (χ4v) is 2.89. The van der Waals surface area contributed by atoms with Crippen molar-refractivity contribution >= 4 is 47.1 Å². The van der Waals surface area contributed by atoms with Crippen molar-refractivity contribution in [1.29, 1.82) is 0 Å². The van der Waals surface area contributed by atoms with Crippen LogP contribution in [-0.2, 0) is 16.2 Å². The van der Waals surface area contributed by atoms with Crippen LogP contribution in [0.25, 0.3) is 6.08 Å². The number of hydrogen-bond acceptors (Lipinski definition) is 5. The van der Waals surface area contributed by atoms with Gasteiger partial charge >= 0.3 is 6.03 Å². The molecule has 150 valence electrons. The molecule has 2 N–H and O–H groups in total. The predicted octanol–water partition coefficient (Wildman–Crippen LogP) is 3.72. The first kappa shape index (κ1) is 20.7. The van der Waals surface area contributed by atoms with Crippen LogP contribution >= 0.6 is 23.2 Å². The van der Waals surface area contributed by atoms with Crippen LogP contribution in [0.5, 0.6) is 11.5 Å². The van der Waals surface area contributed by atoms with Crippen molar-refractivity contribution in [2.24, 2.45) is 0 Å².